The van der Waals surface area contributed by atoms with E-state index in [1.807, 2.05) is 32.0 Å². The third-order valence-corrected chi connectivity index (χ3v) is 9.64. The first-order chi connectivity index (χ1) is 14.1. The Kier molecular flexibility index (Phi) is 7.19. The van der Waals surface area contributed by atoms with Crippen LogP contribution < -0.4 is 21.6 Å². The van der Waals surface area contributed by atoms with Gasteiger partial charge in [-0.25, -0.2) is 0 Å². The summed E-state index contributed by atoms with van der Waals surface area (Å²) in [5, 5.41) is 3.84. The minimum atomic E-state index is -1.98. The van der Waals surface area contributed by atoms with Gasteiger partial charge in [0.25, 0.3) is 0 Å². The Balaban J connectivity index is 2.02. The van der Waals surface area contributed by atoms with Gasteiger partial charge in [0.1, 0.15) is 42.0 Å². The molecule has 0 spiro atoms. The maximum Gasteiger partial charge on any atom is 0.323 e. The summed E-state index contributed by atoms with van der Waals surface area (Å²) in [5.41, 5.74) is 5.98. The van der Waals surface area contributed by atoms with Gasteiger partial charge in [-0.2, -0.15) is 0 Å². The summed E-state index contributed by atoms with van der Waals surface area (Å²) in [6.07, 6.45) is 0.738. The molecule has 150 valence electrons. The van der Waals surface area contributed by atoms with Crippen molar-refractivity contribution in [3.63, 3.8) is 0 Å². The average Bonchev–Trinajstić information content (AvgIpc) is 2.78. The fourth-order valence-corrected chi connectivity index (χ4v) is 7.61. The van der Waals surface area contributed by atoms with Gasteiger partial charge < -0.3 is 10.5 Å². The first-order valence-electron chi connectivity index (χ1n) is 10.0. The zero-order valence-corrected chi connectivity index (χ0v) is 18.0. The van der Waals surface area contributed by atoms with E-state index in [1.54, 1.807) is 0 Å². The molecular weight excluding hydrogens is 377 g/mol. The number of hydrogen-bond donors (Lipinski definition) is 1. The Bertz CT molecular complexity index is 801. The van der Waals surface area contributed by atoms with Crippen LogP contribution in [0, 0.1) is 5.92 Å². The van der Waals surface area contributed by atoms with Crippen LogP contribution in [0.3, 0.4) is 0 Å². The van der Waals surface area contributed by atoms with Gasteiger partial charge in [-0.05, 0) is 42.3 Å². The molecule has 0 radical (unpaired) electrons. The summed E-state index contributed by atoms with van der Waals surface area (Å²) in [6, 6.07) is 31.1. The van der Waals surface area contributed by atoms with Gasteiger partial charge in [-0.1, -0.05) is 68.4 Å². The Morgan fingerprint density at radius 2 is 1.17 bits per heavy atom. The average molecular weight is 406 g/mol. The zero-order valence-electron chi connectivity index (χ0n) is 17.1. The van der Waals surface area contributed by atoms with Gasteiger partial charge >= 0.3 is 5.97 Å². The van der Waals surface area contributed by atoms with Crippen LogP contribution in [-0.4, -0.2) is 24.8 Å². The fourth-order valence-electron chi connectivity index (χ4n) is 3.53. The number of nitrogens with two attached hydrogens (primary N) is 1. The quantitative estimate of drug-likeness (QED) is 0.460. The lowest BCUT2D eigenvalue weighted by Gasteiger charge is -2.27. The fraction of sp³-hybridized carbons (Fsp3) is 0.240. The van der Waals surface area contributed by atoms with Crippen LogP contribution in [0.4, 0.5) is 0 Å². The molecule has 3 aromatic carbocycles. The molecule has 0 aromatic heterocycles. The van der Waals surface area contributed by atoms with Gasteiger partial charge in [0.15, 0.2) is 0 Å². The summed E-state index contributed by atoms with van der Waals surface area (Å²) in [7, 11) is -1.98. The SMILES string of the molecule is CC(C)[C@H](N)C(=O)OCC[P+](c1ccccc1)(c1ccccc1)c1ccccc1. The molecule has 2 N–H and O–H groups in total. The summed E-state index contributed by atoms with van der Waals surface area (Å²) in [6.45, 7) is 4.20. The number of rotatable bonds is 8. The smallest absolute Gasteiger partial charge is 0.323 e. The molecule has 0 saturated heterocycles. The molecule has 0 unspecified atom stereocenters. The van der Waals surface area contributed by atoms with Crippen molar-refractivity contribution in [3.05, 3.63) is 91.0 Å². The first-order valence-corrected chi connectivity index (χ1v) is 12.0. The van der Waals surface area contributed by atoms with Crippen LogP contribution in [0.5, 0.6) is 0 Å². The predicted molar refractivity (Wildman–Crippen MR) is 124 cm³/mol. The molecule has 0 saturated carbocycles. The largest absolute Gasteiger partial charge is 0.461 e. The molecule has 0 fully saturated rings. The maximum atomic E-state index is 12.3. The number of benzene rings is 3. The summed E-state index contributed by atoms with van der Waals surface area (Å²) < 4.78 is 5.65. The van der Waals surface area contributed by atoms with Gasteiger partial charge in [0.2, 0.25) is 0 Å². The van der Waals surface area contributed by atoms with E-state index >= 15 is 0 Å². The van der Waals surface area contributed by atoms with Crippen molar-refractivity contribution in [2.24, 2.45) is 11.7 Å². The van der Waals surface area contributed by atoms with Crippen LogP contribution in [0.2, 0.25) is 0 Å². The van der Waals surface area contributed by atoms with E-state index in [0.717, 1.165) is 6.16 Å². The van der Waals surface area contributed by atoms with E-state index in [2.05, 4.69) is 72.8 Å². The molecule has 0 amide bonds. The molecule has 3 nitrogen and oxygen atoms in total. The van der Waals surface area contributed by atoms with Crippen LogP contribution in [0.15, 0.2) is 91.0 Å². The van der Waals surface area contributed by atoms with Crippen molar-refractivity contribution in [1.82, 2.24) is 0 Å². The first kappa shape index (κ1) is 21.2. The highest BCUT2D eigenvalue weighted by Crippen LogP contribution is 2.54. The highest BCUT2D eigenvalue weighted by Gasteiger charge is 2.45. The van der Waals surface area contributed by atoms with Crippen LogP contribution >= 0.6 is 7.26 Å². The molecular formula is C25H29NO2P+. The Morgan fingerprint density at radius 3 is 1.52 bits per heavy atom. The molecule has 1 atom stereocenters. The van der Waals surface area contributed by atoms with Gasteiger partial charge in [-0.15, -0.1) is 0 Å². The minimum Gasteiger partial charge on any atom is -0.461 e. The lowest BCUT2D eigenvalue weighted by Crippen LogP contribution is -2.39. The van der Waals surface area contributed by atoms with E-state index in [1.165, 1.54) is 15.9 Å². The highest BCUT2D eigenvalue weighted by atomic mass is 31.2. The molecule has 4 heteroatoms. The third-order valence-electron chi connectivity index (χ3n) is 5.25. The van der Waals surface area contributed by atoms with Crippen molar-refractivity contribution in [1.29, 1.82) is 0 Å². The molecule has 0 heterocycles. The molecule has 0 aliphatic rings. The third kappa shape index (κ3) is 4.75. The maximum absolute atomic E-state index is 12.3. The Hall–Kier alpha value is -2.48. The number of ether oxygens (including phenoxy) is 1. The van der Waals surface area contributed by atoms with Crippen LogP contribution in [0.1, 0.15) is 13.8 Å². The summed E-state index contributed by atoms with van der Waals surface area (Å²) in [5.74, 6) is -0.272. The number of carbonyl (C=O) groups is 1. The number of carbonyl (C=O) groups excluding carboxylic acids is 1. The lowest BCUT2D eigenvalue weighted by molar-refractivity contribution is -0.145. The van der Waals surface area contributed by atoms with Crippen molar-refractivity contribution >= 4 is 29.1 Å². The summed E-state index contributed by atoms with van der Waals surface area (Å²) >= 11 is 0. The van der Waals surface area contributed by atoms with E-state index in [9.17, 15) is 4.79 Å². The standard InChI is InChI=1S/C25H29NO2P/c1-20(2)24(26)25(27)28-18-19-29(21-12-6-3-7-13-21,22-14-8-4-9-15-22)23-16-10-5-11-17-23/h3-17,20,24H,18-19,26H2,1-2H3/q+1/t24-/m0/s1. The molecule has 0 aliphatic heterocycles. The van der Waals surface area contributed by atoms with Crippen LogP contribution in [0.25, 0.3) is 0 Å². The van der Waals surface area contributed by atoms with Crippen LogP contribution in [-0.2, 0) is 9.53 Å². The Morgan fingerprint density at radius 1 is 0.793 bits per heavy atom. The number of esters is 1. The van der Waals surface area contributed by atoms with Gasteiger partial charge in [0.05, 0.1) is 0 Å². The van der Waals surface area contributed by atoms with Crippen molar-refractivity contribution in [3.8, 4) is 0 Å². The van der Waals surface area contributed by atoms with E-state index in [4.69, 9.17) is 10.5 Å². The molecule has 0 bridgehead atoms. The monoisotopic (exact) mass is 406 g/mol. The van der Waals surface area contributed by atoms with Crippen molar-refractivity contribution in [2.45, 2.75) is 19.9 Å². The molecule has 0 aliphatic carbocycles. The predicted octanol–water partition coefficient (Wildman–Crippen LogP) is 3.51. The molecule has 29 heavy (non-hydrogen) atoms. The van der Waals surface area contributed by atoms with Gasteiger partial charge in [0, 0.05) is 0 Å². The van der Waals surface area contributed by atoms with E-state index in [0.29, 0.717) is 6.61 Å². The second kappa shape index (κ2) is 9.82. The summed E-state index contributed by atoms with van der Waals surface area (Å²) in [4.78, 5) is 12.3. The minimum absolute atomic E-state index is 0.0550. The normalized spacial score (nSPS) is 12.6. The highest BCUT2D eigenvalue weighted by molar-refractivity contribution is 7.95. The second-order valence-corrected chi connectivity index (χ2v) is 11.1. The Labute approximate surface area is 174 Å². The zero-order chi connectivity index (χ0) is 20.7. The second-order valence-electron chi connectivity index (χ2n) is 7.48. The molecule has 3 rings (SSSR count). The van der Waals surface area contributed by atoms with E-state index < -0.39 is 13.3 Å². The topological polar surface area (TPSA) is 52.3 Å². The van der Waals surface area contributed by atoms with Crippen molar-refractivity contribution < 1.29 is 9.53 Å². The lowest BCUT2D eigenvalue weighted by atomic mass is 10.1. The van der Waals surface area contributed by atoms with Crippen molar-refractivity contribution in [2.75, 3.05) is 12.8 Å². The van der Waals surface area contributed by atoms with Gasteiger partial charge in [-0.3, -0.25) is 4.79 Å². The molecule has 3 aromatic rings. The van der Waals surface area contributed by atoms with E-state index in [-0.39, 0.29) is 11.9 Å². The number of hydrogen-bond acceptors (Lipinski definition) is 3.